The van der Waals surface area contributed by atoms with E-state index < -0.39 is 0 Å². The van der Waals surface area contributed by atoms with E-state index in [1.165, 1.54) is 0 Å². The van der Waals surface area contributed by atoms with Crippen molar-refractivity contribution in [2.75, 3.05) is 13.1 Å². The molecule has 0 aromatic heterocycles. The van der Waals surface area contributed by atoms with E-state index in [9.17, 15) is 9.59 Å². The van der Waals surface area contributed by atoms with Gasteiger partial charge in [-0.05, 0) is 12.8 Å². The molecule has 0 aromatic rings. The molecule has 0 radical (unpaired) electrons. The number of rotatable bonds is 3. The van der Waals surface area contributed by atoms with Crippen LogP contribution in [0.5, 0.6) is 0 Å². The zero-order valence-electron chi connectivity index (χ0n) is 7.93. The molecule has 1 heterocycles. The normalized spacial score (nSPS) is 22.2. The third-order valence-corrected chi connectivity index (χ3v) is 2.17. The van der Waals surface area contributed by atoms with Crippen LogP contribution < -0.4 is 10.6 Å². The highest BCUT2D eigenvalue weighted by atomic mass is 16.2. The molecule has 4 heteroatoms. The molecule has 74 valence electrons. The predicted molar refractivity (Wildman–Crippen MR) is 49.0 cm³/mol. The average molecular weight is 184 g/mol. The van der Waals surface area contributed by atoms with Crippen molar-refractivity contribution in [3.8, 4) is 0 Å². The van der Waals surface area contributed by atoms with Crippen molar-refractivity contribution in [3.63, 3.8) is 0 Å². The quantitative estimate of drug-likeness (QED) is 0.650. The summed E-state index contributed by atoms with van der Waals surface area (Å²) >= 11 is 0. The molecule has 1 rings (SSSR count). The summed E-state index contributed by atoms with van der Waals surface area (Å²) in [5, 5.41) is 5.51. The van der Waals surface area contributed by atoms with Gasteiger partial charge in [-0.1, -0.05) is 6.92 Å². The second kappa shape index (κ2) is 4.84. The molecule has 0 aliphatic carbocycles. The Hall–Kier alpha value is -1.06. The van der Waals surface area contributed by atoms with Crippen LogP contribution >= 0.6 is 0 Å². The van der Waals surface area contributed by atoms with E-state index in [1.807, 2.05) is 6.92 Å². The first-order valence-corrected chi connectivity index (χ1v) is 4.78. The summed E-state index contributed by atoms with van der Waals surface area (Å²) in [6.45, 7) is 3.34. The van der Waals surface area contributed by atoms with E-state index in [1.54, 1.807) is 0 Å². The van der Waals surface area contributed by atoms with Crippen molar-refractivity contribution in [1.82, 2.24) is 10.6 Å². The molecule has 2 amide bonds. The summed E-state index contributed by atoms with van der Waals surface area (Å²) in [7, 11) is 0. The van der Waals surface area contributed by atoms with E-state index in [2.05, 4.69) is 10.6 Å². The molecule has 1 aliphatic rings. The zero-order chi connectivity index (χ0) is 9.68. The van der Waals surface area contributed by atoms with Gasteiger partial charge in [-0.25, -0.2) is 0 Å². The summed E-state index contributed by atoms with van der Waals surface area (Å²) in [6, 6.07) is 0. The number of amides is 2. The molecule has 0 spiro atoms. The first-order chi connectivity index (χ1) is 6.24. The number of hydrogen-bond donors (Lipinski definition) is 2. The van der Waals surface area contributed by atoms with Crippen LogP contribution in [0.1, 0.15) is 26.2 Å². The van der Waals surface area contributed by atoms with Crippen molar-refractivity contribution in [3.05, 3.63) is 0 Å². The molecule has 1 unspecified atom stereocenters. The maximum Gasteiger partial charge on any atom is 0.223 e. The van der Waals surface area contributed by atoms with Crippen LogP contribution in [0.25, 0.3) is 0 Å². The van der Waals surface area contributed by atoms with Crippen molar-refractivity contribution in [1.29, 1.82) is 0 Å². The van der Waals surface area contributed by atoms with Crippen molar-refractivity contribution in [2.45, 2.75) is 26.2 Å². The molecule has 1 aliphatic heterocycles. The lowest BCUT2D eigenvalue weighted by Gasteiger charge is -2.20. The second-order valence-electron chi connectivity index (χ2n) is 3.33. The van der Waals surface area contributed by atoms with Gasteiger partial charge in [0.25, 0.3) is 0 Å². The third kappa shape index (κ3) is 3.05. The fourth-order valence-electron chi connectivity index (χ4n) is 1.40. The minimum Gasteiger partial charge on any atom is -0.356 e. The number of piperidine rings is 1. The van der Waals surface area contributed by atoms with Crippen LogP contribution in [-0.4, -0.2) is 24.9 Å². The van der Waals surface area contributed by atoms with Gasteiger partial charge in [0.2, 0.25) is 11.8 Å². The predicted octanol–water partition coefficient (Wildman–Crippen LogP) is 0.0388. The Morgan fingerprint density at radius 2 is 2.46 bits per heavy atom. The Balaban J connectivity index is 2.32. The van der Waals surface area contributed by atoms with Gasteiger partial charge in [0.1, 0.15) is 0 Å². The molecule has 2 N–H and O–H groups in total. The molecular formula is C9H16N2O2. The van der Waals surface area contributed by atoms with Gasteiger partial charge in [-0.2, -0.15) is 0 Å². The van der Waals surface area contributed by atoms with Crippen LogP contribution in [-0.2, 0) is 9.59 Å². The molecule has 1 fully saturated rings. The molecule has 13 heavy (non-hydrogen) atoms. The summed E-state index contributed by atoms with van der Waals surface area (Å²) in [6.07, 6.45) is 2.04. The Bertz CT molecular complexity index is 204. The highest BCUT2D eigenvalue weighted by Crippen LogP contribution is 2.12. The van der Waals surface area contributed by atoms with Crippen molar-refractivity contribution < 1.29 is 9.59 Å². The summed E-state index contributed by atoms with van der Waals surface area (Å²) in [4.78, 5) is 22.4. The lowest BCUT2D eigenvalue weighted by molar-refractivity contribution is -0.132. The monoisotopic (exact) mass is 184 g/mol. The molecule has 1 saturated heterocycles. The summed E-state index contributed by atoms with van der Waals surface area (Å²) < 4.78 is 0. The van der Waals surface area contributed by atoms with Crippen LogP contribution in [0, 0.1) is 5.92 Å². The topological polar surface area (TPSA) is 58.2 Å². The highest BCUT2D eigenvalue weighted by Gasteiger charge is 2.24. The number of carbonyl (C=O) groups excluding carboxylic acids is 2. The Kier molecular flexibility index (Phi) is 3.73. The second-order valence-corrected chi connectivity index (χ2v) is 3.33. The Morgan fingerprint density at radius 3 is 3.08 bits per heavy atom. The minimum absolute atomic E-state index is 0.0112. The molecule has 0 saturated carbocycles. The van der Waals surface area contributed by atoms with Gasteiger partial charge in [0.05, 0.1) is 0 Å². The average Bonchev–Trinajstić information content (AvgIpc) is 2.14. The minimum atomic E-state index is -0.111. The van der Waals surface area contributed by atoms with Crippen LogP contribution in [0.3, 0.4) is 0 Å². The van der Waals surface area contributed by atoms with E-state index in [-0.39, 0.29) is 17.7 Å². The van der Waals surface area contributed by atoms with E-state index in [0.717, 1.165) is 12.8 Å². The lowest BCUT2D eigenvalue weighted by Crippen LogP contribution is -2.41. The molecule has 0 bridgehead atoms. The molecule has 4 nitrogen and oxygen atoms in total. The SMILES string of the molecule is CCCNC(=O)C1CCNC(=O)C1. The van der Waals surface area contributed by atoms with Crippen molar-refractivity contribution in [2.24, 2.45) is 5.92 Å². The number of hydrogen-bond acceptors (Lipinski definition) is 2. The van der Waals surface area contributed by atoms with Crippen LogP contribution in [0.4, 0.5) is 0 Å². The maximum atomic E-state index is 11.4. The van der Waals surface area contributed by atoms with Crippen LogP contribution in [0.2, 0.25) is 0 Å². The van der Waals surface area contributed by atoms with E-state index in [0.29, 0.717) is 19.5 Å². The third-order valence-electron chi connectivity index (χ3n) is 2.17. The largest absolute Gasteiger partial charge is 0.356 e. The maximum absolute atomic E-state index is 11.4. The zero-order valence-corrected chi connectivity index (χ0v) is 7.93. The van der Waals surface area contributed by atoms with E-state index >= 15 is 0 Å². The van der Waals surface area contributed by atoms with Gasteiger partial charge in [-0.15, -0.1) is 0 Å². The summed E-state index contributed by atoms with van der Waals surface area (Å²) in [5.41, 5.74) is 0. The molecular weight excluding hydrogens is 168 g/mol. The van der Waals surface area contributed by atoms with Gasteiger partial charge >= 0.3 is 0 Å². The van der Waals surface area contributed by atoms with E-state index in [4.69, 9.17) is 0 Å². The first-order valence-electron chi connectivity index (χ1n) is 4.78. The summed E-state index contributed by atoms with van der Waals surface area (Å²) in [5.74, 6) is -0.0973. The first kappa shape index (κ1) is 10.0. The molecule has 1 atom stereocenters. The lowest BCUT2D eigenvalue weighted by atomic mass is 9.97. The van der Waals surface area contributed by atoms with Gasteiger partial charge in [-0.3, -0.25) is 9.59 Å². The fourth-order valence-corrected chi connectivity index (χ4v) is 1.40. The smallest absolute Gasteiger partial charge is 0.223 e. The van der Waals surface area contributed by atoms with Gasteiger partial charge < -0.3 is 10.6 Å². The Morgan fingerprint density at radius 1 is 1.69 bits per heavy atom. The van der Waals surface area contributed by atoms with Gasteiger partial charge in [0.15, 0.2) is 0 Å². The number of carbonyl (C=O) groups is 2. The van der Waals surface area contributed by atoms with Crippen LogP contribution in [0.15, 0.2) is 0 Å². The Labute approximate surface area is 78.1 Å². The highest BCUT2D eigenvalue weighted by molar-refractivity contribution is 5.86. The number of nitrogens with one attached hydrogen (secondary N) is 2. The van der Waals surface area contributed by atoms with Gasteiger partial charge in [0, 0.05) is 25.4 Å². The standard InChI is InChI=1S/C9H16N2O2/c1-2-4-11-9(13)7-3-5-10-8(12)6-7/h7H,2-6H2,1H3,(H,10,12)(H,11,13). The fraction of sp³-hybridized carbons (Fsp3) is 0.778. The molecule has 0 aromatic carbocycles. The van der Waals surface area contributed by atoms with Crippen molar-refractivity contribution >= 4 is 11.8 Å².